The second kappa shape index (κ2) is 50.1. The highest BCUT2D eigenvalue weighted by Crippen LogP contribution is 2.16. The number of rotatable bonds is 50. The van der Waals surface area contributed by atoms with E-state index in [1.807, 2.05) is 21.1 Å². The van der Waals surface area contributed by atoms with E-state index in [1.54, 1.807) is 0 Å². The number of esters is 2. The molecule has 68 heavy (non-hydrogen) atoms. The van der Waals surface area contributed by atoms with Crippen molar-refractivity contribution in [1.82, 2.24) is 0 Å². The minimum absolute atomic E-state index is 0.177. The lowest BCUT2D eigenvalue weighted by Gasteiger charge is -2.25. The van der Waals surface area contributed by atoms with Crippen molar-refractivity contribution in [2.45, 2.75) is 238 Å². The molecule has 1 N–H and O–H groups in total. The van der Waals surface area contributed by atoms with Crippen LogP contribution in [0, 0.1) is 0 Å². The Labute approximate surface area is 417 Å². The van der Waals surface area contributed by atoms with E-state index in [1.165, 1.54) is 122 Å². The molecule has 0 bridgehead atoms. The average molecular weight is 955 g/mol. The van der Waals surface area contributed by atoms with E-state index in [2.05, 4.69) is 86.8 Å². The molecule has 0 spiro atoms. The summed E-state index contributed by atoms with van der Waals surface area (Å²) < 4.78 is 22.8. The van der Waals surface area contributed by atoms with E-state index in [0.29, 0.717) is 23.9 Å². The van der Waals surface area contributed by atoms with Crippen molar-refractivity contribution < 1.29 is 42.9 Å². The lowest BCUT2D eigenvalue weighted by Crippen LogP contribution is -2.40. The molecule has 0 aromatic rings. The second-order valence-electron chi connectivity index (χ2n) is 19.5. The summed E-state index contributed by atoms with van der Waals surface area (Å²) in [6, 6.07) is 0. The van der Waals surface area contributed by atoms with Gasteiger partial charge in [0, 0.05) is 12.8 Å². The van der Waals surface area contributed by atoms with Crippen LogP contribution in [0.1, 0.15) is 226 Å². The van der Waals surface area contributed by atoms with Crippen LogP contribution < -0.4 is 0 Å². The zero-order chi connectivity index (χ0) is 49.9. The first-order valence-corrected chi connectivity index (χ1v) is 27.6. The second-order valence-corrected chi connectivity index (χ2v) is 19.5. The molecule has 9 nitrogen and oxygen atoms in total. The smallest absolute Gasteiger partial charge is 0.361 e. The Morgan fingerprint density at radius 2 is 0.838 bits per heavy atom. The summed E-state index contributed by atoms with van der Waals surface area (Å²) in [7, 11) is 5.95. The van der Waals surface area contributed by atoms with Crippen LogP contribution in [0.4, 0.5) is 0 Å². The van der Waals surface area contributed by atoms with Crippen LogP contribution in [0.25, 0.3) is 0 Å². The molecule has 0 aromatic heterocycles. The zero-order valence-corrected chi connectivity index (χ0v) is 44.5. The molecule has 0 aliphatic rings. The first kappa shape index (κ1) is 64.7. The summed E-state index contributed by atoms with van der Waals surface area (Å²) in [6.45, 7) is 4.73. The van der Waals surface area contributed by atoms with Crippen LogP contribution in [-0.2, 0) is 33.3 Å². The number of hydrogen-bond donors (Lipinski definition) is 1. The molecule has 2 unspecified atom stereocenters. The number of carboxylic acid groups (broad SMARTS) is 1. The average Bonchev–Trinajstić information content (AvgIpc) is 3.30. The maximum atomic E-state index is 12.8. The summed E-state index contributed by atoms with van der Waals surface area (Å²) in [5, 5.41) is 9.69. The highest BCUT2D eigenvalue weighted by atomic mass is 16.7. The molecule has 0 saturated heterocycles. The summed E-state index contributed by atoms with van der Waals surface area (Å²) in [5.74, 6) is -2.06. The number of quaternary nitrogens is 1. The van der Waals surface area contributed by atoms with E-state index in [4.69, 9.17) is 18.9 Å². The van der Waals surface area contributed by atoms with E-state index >= 15 is 0 Å². The van der Waals surface area contributed by atoms with E-state index < -0.39 is 24.3 Å². The standard InChI is InChI=1S/C59H103NO8/c1-6-8-10-12-14-16-18-20-22-24-26-28-30-31-33-35-37-39-41-43-45-47-49-56(61)66-53-55(54-67-59(58(63)64)65-52-51-60(3,4)5)68-57(62)50-48-46-44-42-40-38-36-34-32-29-27-25-23-21-19-17-15-13-11-9-7-2/h9,11,15,17,21,23,27,29,34,36,40,42,55,59H,6-8,10,12-14,16,18-20,22,24-26,28,30-33,35,37-39,41,43-54H2,1-5H3/p+1/b11-9-,17-15-,23-21-,29-27-,36-34-,42-40-. The SMILES string of the molecule is CC/C=C\C/C=C\C/C=C\C/C=C\C/C=C\C/C=C\CCCCC(=O)OC(COC(=O)CCCCCCCCCCCCCCCCCCCCCCCC)COC(OCC[N+](C)(C)C)C(=O)O. The summed E-state index contributed by atoms with van der Waals surface area (Å²) in [5.41, 5.74) is 0. The number of likely N-dealkylation sites (N-methyl/N-ethyl adjacent to an activating group) is 1. The number of allylic oxidation sites excluding steroid dienone is 12. The van der Waals surface area contributed by atoms with Gasteiger partial charge < -0.3 is 28.5 Å². The fourth-order valence-corrected chi connectivity index (χ4v) is 7.49. The van der Waals surface area contributed by atoms with E-state index in [9.17, 15) is 19.5 Å². The van der Waals surface area contributed by atoms with Crippen molar-refractivity contribution in [3.8, 4) is 0 Å². The molecular formula is C59H104NO8+. The van der Waals surface area contributed by atoms with Crippen LogP contribution in [0.3, 0.4) is 0 Å². The largest absolute Gasteiger partial charge is 0.477 e. The third-order valence-corrected chi connectivity index (χ3v) is 11.7. The minimum Gasteiger partial charge on any atom is -0.477 e. The van der Waals surface area contributed by atoms with Crippen molar-refractivity contribution in [2.75, 3.05) is 47.5 Å². The number of carbonyl (C=O) groups is 3. The number of carbonyl (C=O) groups excluding carboxylic acids is 2. The number of ether oxygens (including phenoxy) is 4. The molecule has 0 aliphatic carbocycles. The number of aliphatic carboxylic acids is 1. The molecule has 0 radical (unpaired) electrons. The lowest BCUT2D eigenvalue weighted by atomic mass is 10.0. The van der Waals surface area contributed by atoms with Crippen molar-refractivity contribution in [2.24, 2.45) is 0 Å². The predicted molar refractivity (Wildman–Crippen MR) is 286 cm³/mol. The third kappa shape index (κ3) is 50.6. The number of carboxylic acids is 1. The van der Waals surface area contributed by atoms with Gasteiger partial charge in [-0.05, 0) is 64.2 Å². The number of unbranched alkanes of at least 4 members (excludes halogenated alkanes) is 23. The zero-order valence-electron chi connectivity index (χ0n) is 44.5. The summed E-state index contributed by atoms with van der Waals surface area (Å²) >= 11 is 0. The summed E-state index contributed by atoms with van der Waals surface area (Å²) in [6.07, 6.45) is 61.2. The monoisotopic (exact) mass is 955 g/mol. The van der Waals surface area contributed by atoms with Gasteiger partial charge in [-0.25, -0.2) is 4.79 Å². The van der Waals surface area contributed by atoms with Crippen molar-refractivity contribution in [3.63, 3.8) is 0 Å². The van der Waals surface area contributed by atoms with Crippen molar-refractivity contribution in [1.29, 1.82) is 0 Å². The number of hydrogen-bond acceptors (Lipinski definition) is 7. The van der Waals surface area contributed by atoms with E-state index in [-0.39, 0.29) is 32.2 Å². The Hall–Kier alpha value is -3.27. The quantitative estimate of drug-likeness (QED) is 0.0211. The maximum Gasteiger partial charge on any atom is 0.361 e. The Kier molecular flexibility index (Phi) is 47.7. The first-order chi connectivity index (χ1) is 33.1. The highest BCUT2D eigenvalue weighted by Gasteiger charge is 2.25. The predicted octanol–water partition coefficient (Wildman–Crippen LogP) is 15.8. The van der Waals surface area contributed by atoms with Gasteiger partial charge in [-0.15, -0.1) is 0 Å². The molecule has 2 atom stereocenters. The van der Waals surface area contributed by atoms with Crippen LogP contribution >= 0.6 is 0 Å². The fraction of sp³-hybridized carbons (Fsp3) is 0.746. The van der Waals surface area contributed by atoms with Crippen LogP contribution in [0.5, 0.6) is 0 Å². The molecule has 0 amide bonds. The Morgan fingerprint density at radius 1 is 0.456 bits per heavy atom. The topological polar surface area (TPSA) is 108 Å². The number of nitrogens with zero attached hydrogens (tertiary/aromatic N) is 1. The van der Waals surface area contributed by atoms with Gasteiger partial charge in [0.05, 0.1) is 34.4 Å². The Bertz CT molecular complexity index is 1340. The minimum atomic E-state index is -1.52. The summed E-state index contributed by atoms with van der Waals surface area (Å²) in [4.78, 5) is 37.3. The van der Waals surface area contributed by atoms with Gasteiger partial charge in [0.1, 0.15) is 13.2 Å². The van der Waals surface area contributed by atoms with Crippen LogP contribution in [0.2, 0.25) is 0 Å². The molecule has 0 saturated carbocycles. The van der Waals surface area contributed by atoms with Crippen LogP contribution in [-0.4, -0.2) is 87.4 Å². The van der Waals surface area contributed by atoms with Crippen molar-refractivity contribution in [3.05, 3.63) is 72.9 Å². The molecule has 0 heterocycles. The van der Waals surface area contributed by atoms with E-state index in [0.717, 1.165) is 70.6 Å². The van der Waals surface area contributed by atoms with Gasteiger partial charge in [0.15, 0.2) is 6.10 Å². The van der Waals surface area contributed by atoms with Crippen LogP contribution in [0.15, 0.2) is 72.9 Å². The normalized spacial score (nSPS) is 13.4. The molecule has 0 aliphatic heterocycles. The Balaban J connectivity index is 4.36. The van der Waals surface area contributed by atoms with Gasteiger partial charge in [0.25, 0.3) is 6.29 Å². The van der Waals surface area contributed by atoms with Crippen molar-refractivity contribution >= 4 is 17.9 Å². The lowest BCUT2D eigenvalue weighted by molar-refractivity contribution is -0.870. The van der Waals surface area contributed by atoms with Gasteiger partial charge in [-0.3, -0.25) is 9.59 Å². The van der Waals surface area contributed by atoms with Gasteiger partial charge >= 0.3 is 17.9 Å². The molecular weight excluding hydrogens is 851 g/mol. The molecule has 0 fully saturated rings. The molecule has 0 rings (SSSR count). The van der Waals surface area contributed by atoms with Gasteiger partial charge in [-0.2, -0.15) is 0 Å². The molecule has 0 aromatic carbocycles. The van der Waals surface area contributed by atoms with Gasteiger partial charge in [-0.1, -0.05) is 222 Å². The molecule has 392 valence electrons. The Morgan fingerprint density at radius 3 is 1.25 bits per heavy atom. The highest BCUT2D eigenvalue weighted by molar-refractivity contribution is 5.71. The van der Waals surface area contributed by atoms with Gasteiger partial charge in [0.2, 0.25) is 0 Å². The molecule has 9 heteroatoms. The first-order valence-electron chi connectivity index (χ1n) is 27.6. The third-order valence-electron chi connectivity index (χ3n) is 11.7. The fourth-order valence-electron chi connectivity index (χ4n) is 7.49. The maximum absolute atomic E-state index is 12.8.